The van der Waals surface area contributed by atoms with E-state index in [4.69, 9.17) is 5.73 Å². The molecule has 0 aromatic heterocycles. The summed E-state index contributed by atoms with van der Waals surface area (Å²) in [7, 11) is 0. The van der Waals surface area contributed by atoms with E-state index in [9.17, 15) is 0 Å². The van der Waals surface area contributed by atoms with Gasteiger partial charge >= 0.3 is 0 Å². The highest BCUT2D eigenvalue weighted by molar-refractivity contribution is 8.01. The minimum absolute atomic E-state index is 0.120. The van der Waals surface area contributed by atoms with E-state index in [1.165, 1.54) is 44.9 Å². The fourth-order valence-electron chi connectivity index (χ4n) is 2.06. The molecule has 0 bridgehead atoms. The van der Waals surface area contributed by atoms with Crippen LogP contribution in [0.25, 0.3) is 0 Å². The Hall–Kier alpha value is 0.310. The van der Waals surface area contributed by atoms with Gasteiger partial charge in [0.2, 0.25) is 0 Å². The maximum absolute atomic E-state index is 6.37. The third-order valence-corrected chi connectivity index (χ3v) is 4.89. The van der Waals surface area contributed by atoms with E-state index in [1.807, 2.05) is 11.8 Å². The minimum Gasteiger partial charge on any atom is -0.317 e. The monoisotopic (exact) mass is 201 g/mol. The molecule has 0 spiro atoms. The molecule has 13 heavy (non-hydrogen) atoms. The van der Waals surface area contributed by atoms with Crippen molar-refractivity contribution in [3.63, 3.8) is 0 Å². The van der Waals surface area contributed by atoms with E-state index in [1.54, 1.807) is 0 Å². The molecular formula is C11H23NS. The van der Waals surface area contributed by atoms with Gasteiger partial charge in [0.15, 0.2) is 0 Å². The van der Waals surface area contributed by atoms with E-state index in [0.29, 0.717) is 0 Å². The van der Waals surface area contributed by atoms with Gasteiger partial charge in [0, 0.05) is 5.25 Å². The molecule has 0 heterocycles. The summed E-state index contributed by atoms with van der Waals surface area (Å²) in [6.45, 7) is 4.54. The van der Waals surface area contributed by atoms with Gasteiger partial charge < -0.3 is 5.73 Å². The first-order chi connectivity index (χ1) is 6.20. The Balaban J connectivity index is 2.39. The second kappa shape index (κ2) is 5.26. The molecule has 0 aromatic carbocycles. The third-order valence-electron chi connectivity index (χ3n) is 3.01. The van der Waals surface area contributed by atoms with Gasteiger partial charge in [-0.15, -0.1) is 11.8 Å². The zero-order chi connectivity index (χ0) is 9.73. The van der Waals surface area contributed by atoms with E-state index in [0.717, 1.165) is 5.25 Å². The van der Waals surface area contributed by atoms with Crippen molar-refractivity contribution in [1.82, 2.24) is 0 Å². The minimum atomic E-state index is 0.120. The second-order valence-electron chi connectivity index (χ2n) is 4.18. The molecule has 78 valence electrons. The number of nitrogens with two attached hydrogens (primary N) is 1. The lowest BCUT2D eigenvalue weighted by Gasteiger charge is -2.35. The smallest absolute Gasteiger partial charge is 0.0623 e. The second-order valence-corrected chi connectivity index (χ2v) is 5.90. The van der Waals surface area contributed by atoms with E-state index in [-0.39, 0.29) is 4.87 Å². The summed E-state index contributed by atoms with van der Waals surface area (Å²) < 4.78 is 0. The lowest BCUT2D eigenvalue weighted by atomic mass is 9.96. The lowest BCUT2D eigenvalue weighted by molar-refractivity contribution is 0.405. The largest absolute Gasteiger partial charge is 0.317 e. The molecule has 1 aliphatic rings. The van der Waals surface area contributed by atoms with Crippen LogP contribution in [0.5, 0.6) is 0 Å². The van der Waals surface area contributed by atoms with Crippen molar-refractivity contribution >= 4 is 11.8 Å². The zero-order valence-electron chi connectivity index (χ0n) is 9.01. The molecule has 1 aliphatic carbocycles. The maximum atomic E-state index is 6.37. The molecule has 2 N–H and O–H groups in total. The highest BCUT2D eigenvalue weighted by Gasteiger charge is 2.29. The van der Waals surface area contributed by atoms with E-state index in [2.05, 4.69) is 13.8 Å². The predicted molar refractivity (Wildman–Crippen MR) is 62.0 cm³/mol. The van der Waals surface area contributed by atoms with Crippen LogP contribution in [0.2, 0.25) is 0 Å². The summed E-state index contributed by atoms with van der Waals surface area (Å²) in [5.41, 5.74) is 6.37. The van der Waals surface area contributed by atoms with Crippen molar-refractivity contribution in [2.24, 2.45) is 5.73 Å². The van der Waals surface area contributed by atoms with Gasteiger partial charge in [0.05, 0.1) is 4.87 Å². The fraction of sp³-hybridized carbons (Fsp3) is 1.00. The number of rotatable bonds is 4. The van der Waals surface area contributed by atoms with Crippen LogP contribution < -0.4 is 5.73 Å². The standard InChI is InChI=1S/C11H23NS/c1-3-10(4-2)13-11(12)8-6-5-7-9-11/h10H,3-9,12H2,1-2H3. The molecule has 1 fully saturated rings. The Labute approximate surface area is 86.8 Å². The molecular weight excluding hydrogens is 178 g/mol. The number of thioether (sulfide) groups is 1. The summed E-state index contributed by atoms with van der Waals surface area (Å²) in [5.74, 6) is 0. The first-order valence-electron chi connectivity index (χ1n) is 5.67. The van der Waals surface area contributed by atoms with Crippen LogP contribution in [0.3, 0.4) is 0 Å². The summed E-state index contributed by atoms with van der Waals surface area (Å²) in [5, 5.41) is 0.781. The van der Waals surface area contributed by atoms with Crippen LogP contribution in [0.15, 0.2) is 0 Å². The first-order valence-corrected chi connectivity index (χ1v) is 6.55. The molecule has 0 aromatic rings. The van der Waals surface area contributed by atoms with Crippen molar-refractivity contribution in [3.05, 3.63) is 0 Å². The molecule has 0 atom stereocenters. The molecule has 1 nitrogen and oxygen atoms in total. The average molecular weight is 201 g/mol. The topological polar surface area (TPSA) is 26.0 Å². The van der Waals surface area contributed by atoms with Crippen LogP contribution in [0.4, 0.5) is 0 Å². The fourth-order valence-corrected chi connectivity index (χ4v) is 3.58. The van der Waals surface area contributed by atoms with Gasteiger partial charge in [0.1, 0.15) is 0 Å². The van der Waals surface area contributed by atoms with Crippen LogP contribution in [0.1, 0.15) is 58.8 Å². The number of hydrogen-bond acceptors (Lipinski definition) is 2. The summed E-state index contributed by atoms with van der Waals surface area (Å²) in [6.07, 6.45) is 9.05. The number of hydrogen-bond donors (Lipinski definition) is 1. The van der Waals surface area contributed by atoms with Crippen molar-refractivity contribution < 1.29 is 0 Å². The molecule has 0 amide bonds. The Kier molecular flexibility index (Phi) is 4.60. The van der Waals surface area contributed by atoms with Gasteiger partial charge in [-0.3, -0.25) is 0 Å². The zero-order valence-corrected chi connectivity index (χ0v) is 9.83. The van der Waals surface area contributed by atoms with Gasteiger partial charge in [-0.2, -0.15) is 0 Å². The van der Waals surface area contributed by atoms with E-state index < -0.39 is 0 Å². The van der Waals surface area contributed by atoms with Crippen molar-refractivity contribution in [3.8, 4) is 0 Å². The summed E-state index contributed by atoms with van der Waals surface area (Å²) in [6, 6.07) is 0. The van der Waals surface area contributed by atoms with Gasteiger partial charge in [-0.05, 0) is 25.7 Å². The molecule has 0 unspecified atom stereocenters. The maximum Gasteiger partial charge on any atom is 0.0623 e. The van der Waals surface area contributed by atoms with E-state index >= 15 is 0 Å². The van der Waals surface area contributed by atoms with Crippen LogP contribution in [-0.2, 0) is 0 Å². The SMILES string of the molecule is CCC(CC)SC1(N)CCCCC1. The summed E-state index contributed by atoms with van der Waals surface area (Å²) >= 11 is 2.05. The van der Waals surface area contributed by atoms with Gasteiger partial charge in [-0.1, -0.05) is 33.1 Å². The predicted octanol–water partition coefficient (Wildman–Crippen LogP) is 3.53. The highest BCUT2D eigenvalue weighted by Crippen LogP contribution is 2.39. The Morgan fingerprint density at radius 3 is 2.15 bits per heavy atom. The first kappa shape index (κ1) is 11.4. The van der Waals surface area contributed by atoms with Gasteiger partial charge in [-0.25, -0.2) is 0 Å². The Morgan fingerprint density at radius 2 is 1.69 bits per heavy atom. The van der Waals surface area contributed by atoms with Crippen molar-refractivity contribution in [1.29, 1.82) is 0 Å². The van der Waals surface area contributed by atoms with Crippen LogP contribution >= 0.6 is 11.8 Å². The quantitative estimate of drug-likeness (QED) is 0.704. The Morgan fingerprint density at radius 1 is 1.15 bits per heavy atom. The normalized spacial score (nSPS) is 22.2. The van der Waals surface area contributed by atoms with Crippen LogP contribution in [0, 0.1) is 0 Å². The van der Waals surface area contributed by atoms with Crippen LogP contribution in [-0.4, -0.2) is 10.1 Å². The van der Waals surface area contributed by atoms with Crippen molar-refractivity contribution in [2.75, 3.05) is 0 Å². The van der Waals surface area contributed by atoms with Gasteiger partial charge in [0.25, 0.3) is 0 Å². The Bertz CT molecular complexity index is 137. The molecule has 0 saturated heterocycles. The third kappa shape index (κ3) is 3.51. The molecule has 0 radical (unpaired) electrons. The molecule has 0 aliphatic heterocycles. The molecule has 2 heteroatoms. The molecule has 1 rings (SSSR count). The lowest BCUT2D eigenvalue weighted by Crippen LogP contribution is -2.39. The highest BCUT2D eigenvalue weighted by atomic mass is 32.2. The van der Waals surface area contributed by atoms with Crippen molar-refractivity contribution in [2.45, 2.75) is 68.9 Å². The summed E-state index contributed by atoms with van der Waals surface area (Å²) in [4.78, 5) is 0.120. The molecule has 1 saturated carbocycles. The average Bonchev–Trinajstić information content (AvgIpc) is 2.15.